The van der Waals surface area contributed by atoms with Crippen LogP contribution in [0.5, 0.6) is 0 Å². The Kier molecular flexibility index (Phi) is 5.12. The lowest BCUT2D eigenvalue weighted by atomic mass is 9.89. The number of carbonyl (C=O) groups excluding carboxylic acids is 1. The first-order chi connectivity index (χ1) is 8.81. The molecule has 0 heterocycles. The van der Waals surface area contributed by atoms with Crippen LogP contribution in [0.1, 0.15) is 31.2 Å². The number of carbonyl (C=O) groups is 1. The average molecular weight is 264 g/mol. The Morgan fingerprint density at radius 1 is 1.28 bits per heavy atom. The van der Waals surface area contributed by atoms with Gasteiger partial charge in [0.25, 0.3) is 0 Å². The minimum Gasteiger partial charge on any atom is -0.469 e. The summed E-state index contributed by atoms with van der Waals surface area (Å²) in [6.45, 7) is 0. The second kappa shape index (κ2) is 6.83. The third kappa shape index (κ3) is 3.52. The van der Waals surface area contributed by atoms with Crippen LogP contribution in [-0.4, -0.2) is 18.3 Å². The predicted molar refractivity (Wildman–Crippen MR) is 75.5 cm³/mol. The highest BCUT2D eigenvalue weighted by atomic mass is 32.2. The molecule has 0 N–H and O–H groups in total. The van der Waals surface area contributed by atoms with Crippen molar-refractivity contribution in [2.24, 2.45) is 5.92 Å². The second-order valence-electron chi connectivity index (χ2n) is 4.75. The van der Waals surface area contributed by atoms with E-state index in [-0.39, 0.29) is 11.9 Å². The van der Waals surface area contributed by atoms with Gasteiger partial charge in [0, 0.05) is 11.0 Å². The van der Waals surface area contributed by atoms with Crippen LogP contribution in [0, 0.1) is 5.92 Å². The van der Waals surface area contributed by atoms with Gasteiger partial charge in [-0.1, -0.05) is 43.2 Å². The van der Waals surface area contributed by atoms with E-state index >= 15 is 0 Å². The molecule has 1 aromatic carbocycles. The van der Waals surface area contributed by atoms with Gasteiger partial charge in [-0.25, -0.2) is 0 Å². The third-order valence-electron chi connectivity index (χ3n) is 3.51. The average Bonchev–Trinajstić information content (AvgIpc) is 2.45. The van der Waals surface area contributed by atoms with Crippen LogP contribution in [-0.2, 0) is 15.3 Å². The Morgan fingerprint density at radius 3 is 2.72 bits per heavy atom. The monoisotopic (exact) mass is 264 g/mol. The minimum absolute atomic E-state index is 0.0275. The molecule has 0 amide bonds. The van der Waals surface area contributed by atoms with Gasteiger partial charge in [-0.15, -0.1) is 0 Å². The maximum absolute atomic E-state index is 11.8. The molecule has 2 nitrogen and oxygen atoms in total. The summed E-state index contributed by atoms with van der Waals surface area (Å²) in [4.78, 5) is 11.8. The lowest BCUT2D eigenvalue weighted by Crippen LogP contribution is -2.30. The zero-order valence-corrected chi connectivity index (χ0v) is 11.6. The number of hydrogen-bond donors (Lipinski definition) is 0. The van der Waals surface area contributed by atoms with Gasteiger partial charge in [-0.2, -0.15) is 11.8 Å². The molecule has 1 aromatic rings. The number of esters is 1. The molecule has 0 aromatic heterocycles. The van der Waals surface area contributed by atoms with Crippen LogP contribution in [0.4, 0.5) is 0 Å². The van der Waals surface area contributed by atoms with Crippen molar-refractivity contribution in [2.75, 3.05) is 7.11 Å². The number of ether oxygens (including phenoxy) is 1. The molecule has 1 saturated carbocycles. The summed E-state index contributed by atoms with van der Waals surface area (Å²) in [5, 5.41) is 0.423. The summed E-state index contributed by atoms with van der Waals surface area (Å²) in [6, 6.07) is 10.4. The van der Waals surface area contributed by atoms with E-state index in [1.54, 1.807) is 0 Å². The summed E-state index contributed by atoms with van der Waals surface area (Å²) in [5.74, 6) is 1.05. The van der Waals surface area contributed by atoms with E-state index in [1.165, 1.54) is 19.1 Å². The van der Waals surface area contributed by atoms with Crippen LogP contribution < -0.4 is 0 Å². The first kappa shape index (κ1) is 13.5. The number of thioether (sulfide) groups is 1. The number of benzene rings is 1. The van der Waals surface area contributed by atoms with E-state index in [0.717, 1.165) is 25.0 Å². The van der Waals surface area contributed by atoms with Crippen molar-refractivity contribution >= 4 is 17.7 Å². The molecule has 0 radical (unpaired) electrons. The van der Waals surface area contributed by atoms with E-state index in [4.69, 9.17) is 4.74 Å². The van der Waals surface area contributed by atoms with Crippen molar-refractivity contribution in [2.45, 2.75) is 36.7 Å². The quantitative estimate of drug-likeness (QED) is 0.776. The minimum atomic E-state index is -0.0275. The van der Waals surface area contributed by atoms with Gasteiger partial charge < -0.3 is 4.74 Å². The van der Waals surface area contributed by atoms with Crippen molar-refractivity contribution < 1.29 is 9.53 Å². The number of hydrogen-bond acceptors (Lipinski definition) is 3. The van der Waals surface area contributed by atoms with Crippen LogP contribution in [0.3, 0.4) is 0 Å². The summed E-state index contributed by atoms with van der Waals surface area (Å²) in [7, 11) is 1.50. The van der Waals surface area contributed by atoms with Crippen molar-refractivity contribution in [3.63, 3.8) is 0 Å². The number of rotatable bonds is 4. The van der Waals surface area contributed by atoms with Crippen LogP contribution >= 0.6 is 11.8 Å². The molecular formula is C15H20O2S. The lowest BCUT2D eigenvalue weighted by molar-refractivity contribution is -0.146. The highest BCUT2D eigenvalue weighted by Gasteiger charge is 2.31. The molecule has 1 aliphatic rings. The van der Waals surface area contributed by atoms with Gasteiger partial charge >= 0.3 is 5.97 Å². The van der Waals surface area contributed by atoms with Crippen LogP contribution in [0.2, 0.25) is 0 Å². The van der Waals surface area contributed by atoms with E-state index in [2.05, 4.69) is 24.3 Å². The van der Waals surface area contributed by atoms with E-state index in [0.29, 0.717) is 5.25 Å². The molecule has 0 aliphatic heterocycles. The smallest absolute Gasteiger partial charge is 0.309 e. The highest BCUT2D eigenvalue weighted by molar-refractivity contribution is 7.99. The predicted octanol–water partition coefficient (Wildman–Crippen LogP) is 3.65. The molecule has 1 aliphatic carbocycles. The van der Waals surface area contributed by atoms with Gasteiger partial charge in [0.05, 0.1) is 13.0 Å². The molecule has 2 atom stereocenters. The molecule has 2 rings (SSSR count). The van der Waals surface area contributed by atoms with Gasteiger partial charge in [-0.3, -0.25) is 4.79 Å². The zero-order chi connectivity index (χ0) is 12.8. The fourth-order valence-corrected chi connectivity index (χ4v) is 3.91. The van der Waals surface area contributed by atoms with Gasteiger partial charge in [0.1, 0.15) is 0 Å². The molecule has 18 heavy (non-hydrogen) atoms. The lowest BCUT2D eigenvalue weighted by Gasteiger charge is -2.29. The highest BCUT2D eigenvalue weighted by Crippen LogP contribution is 2.35. The van der Waals surface area contributed by atoms with Crippen molar-refractivity contribution in [3.8, 4) is 0 Å². The maximum Gasteiger partial charge on any atom is 0.309 e. The molecule has 0 bridgehead atoms. The van der Waals surface area contributed by atoms with Gasteiger partial charge in [0.2, 0.25) is 0 Å². The fraction of sp³-hybridized carbons (Fsp3) is 0.533. The Hall–Kier alpha value is -0.960. The molecule has 0 saturated heterocycles. The SMILES string of the molecule is COC(=O)[C@@H]1CCCC[C@H]1SCc1ccccc1. The number of methoxy groups -OCH3 is 1. The first-order valence-corrected chi connectivity index (χ1v) is 7.59. The summed E-state index contributed by atoms with van der Waals surface area (Å²) in [5.41, 5.74) is 1.33. The topological polar surface area (TPSA) is 26.3 Å². The van der Waals surface area contributed by atoms with Crippen molar-refractivity contribution in [1.29, 1.82) is 0 Å². The van der Waals surface area contributed by atoms with E-state index in [1.807, 2.05) is 17.8 Å². The molecule has 0 unspecified atom stereocenters. The van der Waals surface area contributed by atoms with Crippen LogP contribution in [0.25, 0.3) is 0 Å². The molecule has 98 valence electrons. The van der Waals surface area contributed by atoms with Crippen LogP contribution in [0.15, 0.2) is 30.3 Å². The molecule has 1 fully saturated rings. The van der Waals surface area contributed by atoms with E-state index in [9.17, 15) is 4.79 Å². The van der Waals surface area contributed by atoms with Crippen molar-refractivity contribution in [3.05, 3.63) is 35.9 Å². The summed E-state index contributed by atoms with van der Waals surface area (Å²) in [6.07, 6.45) is 4.51. The molecule has 3 heteroatoms. The summed E-state index contributed by atoms with van der Waals surface area (Å²) >= 11 is 1.90. The van der Waals surface area contributed by atoms with Gasteiger partial charge in [-0.05, 0) is 18.4 Å². The first-order valence-electron chi connectivity index (χ1n) is 6.54. The molecular weight excluding hydrogens is 244 g/mol. The fourth-order valence-electron chi connectivity index (χ4n) is 2.49. The third-order valence-corrected chi connectivity index (χ3v) is 5.01. The Morgan fingerprint density at radius 2 is 2.00 bits per heavy atom. The largest absolute Gasteiger partial charge is 0.469 e. The molecule has 0 spiro atoms. The zero-order valence-electron chi connectivity index (χ0n) is 10.8. The Bertz CT molecular complexity index is 377. The van der Waals surface area contributed by atoms with E-state index < -0.39 is 0 Å². The Balaban J connectivity index is 1.91. The maximum atomic E-state index is 11.8. The van der Waals surface area contributed by atoms with Crippen molar-refractivity contribution in [1.82, 2.24) is 0 Å². The summed E-state index contributed by atoms with van der Waals surface area (Å²) < 4.78 is 4.92. The normalized spacial score (nSPS) is 23.6. The van der Waals surface area contributed by atoms with Gasteiger partial charge in [0.15, 0.2) is 0 Å². The Labute approximate surface area is 113 Å². The standard InChI is InChI=1S/C15H20O2S/c1-17-15(16)13-9-5-6-10-14(13)18-11-12-7-3-2-4-8-12/h2-4,7-8,13-14H,5-6,9-11H2,1H3/t13-,14-/m1/s1. The second-order valence-corrected chi connectivity index (χ2v) is 5.98.